The van der Waals surface area contributed by atoms with Crippen molar-refractivity contribution in [1.82, 2.24) is 0 Å². The fourth-order valence-electron chi connectivity index (χ4n) is 4.28. The van der Waals surface area contributed by atoms with Crippen molar-refractivity contribution in [1.29, 1.82) is 0 Å². The largest absolute Gasteiger partial charge is 0.487 e. The molecule has 1 aliphatic carbocycles. The van der Waals surface area contributed by atoms with Gasteiger partial charge in [-0.1, -0.05) is 36.5 Å². The Kier molecular flexibility index (Phi) is 9.27. The average Bonchev–Trinajstić information content (AvgIpc) is 2.75. The first-order valence-electron chi connectivity index (χ1n) is 11.3. The summed E-state index contributed by atoms with van der Waals surface area (Å²) in [5.74, 6) is 1.29. The zero-order valence-corrected chi connectivity index (χ0v) is 19.9. The molecule has 5 nitrogen and oxygen atoms in total. The number of ketones is 2. The third-order valence-corrected chi connectivity index (χ3v) is 7.62. The van der Waals surface area contributed by atoms with Gasteiger partial charge < -0.3 is 9.57 Å². The van der Waals surface area contributed by atoms with Crippen molar-refractivity contribution in [2.75, 3.05) is 12.4 Å². The summed E-state index contributed by atoms with van der Waals surface area (Å²) in [5.41, 5.74) is 0.561. The Labute approximate surface area is 194 Å². The lowest BCUT2D eigenvalue weighted by atomic mass is 9.75. The van der Waals surface area contributed by atoms with Crippen LogP contribution in [0.1, 0.15) is 58.8 Å². The number of Topliss-reactive ketones (excluding diaryl/α,β-unsaturated/α-hetero) is 2. The van der Waals surface area contributed by atoms with E-state index >= 15 is 0 Å². The van der Waals surface area contributed by atoms with Gasteiger partial charge in [0.1, 0.15) is 29.3 Å². The molecule has 1 aromatic carbocycles. The fourth-order valence-corrected chi connectivity index (χ4v) is 5.88. The lowest BCUT2D eigenvalue weighted by Crippen LogP contribution is -2.41. The van der Waals surface area contributed by atoms with Crippen molar-refractivity contribution in [3.63, 3.8) is 0 Å². The standard InChI is InChI=1S/C24H32ClNO4S/c1-3-6-20(26-29-15-16(2)30-19-10-8-18(25)9-11-19)24-21(27)13-17(14-22(24)28)23-7-4-5-12-31-23/h8-11,16-17,23-24H,3-7,12-15H2,1-2H3. The van der Waals surface area contributed by atoms with Crippen LogP contribution in [0.5, 0.6) is 5.75 Å². The fraction of sp³-hybridized carbons (Fsp3) is 0.625. The third-order valence-electron chi connectivity index (χ3n) is 5.79. The summed E-state index contributed by atoms with van der Waals surface area (Å²) in [5, 5.41) is 5.33. The molecule has 0 bridgehead atoms. The van der Waals surface area contributed by atoms with E-state index in [-0.39, 0.29) is 30.2 Å². The quantitative estimate of drug-likeness (QED) is 0.264. The highest BCUT2D eigenvalue weighted by Gasteiger charge is 2.41. The van der Waals surface area contributed by atoms with Crippen molar-refractivity contribution < 1.29 is 19.2 Å². The molecule has 1 saturated heterocycles. The summed E-state index contributed by atoms with van der Waals surface area (Å²) in [4.78, 5) is 31.4. The second-order valence-electron chi connectivity index (χ2n) is 8.45. The van der Waals surface area contributed by atoms with Crippen LogP contribution >= 0.6 is 23.4 Å². The van der Waals surface area contributed by atoms with Gasteiger partial charge in [-0.05, 0) is 62.1 Å². The van der Waals surface area contributed by atoms with E-state index in [0.717, 1.165) is 18.6 Å². The summed E-state index contributed by atoms with van der Waals surface area (Å²) in [6.07, 6.45) is 5.66. The van der Waals surface area contributed by atoms with E-state index in [1.165, 1.54) is 12.8 Å². The highest BCUT2D eigenvalue weighted by Crippen LogP contribution is 2.38. The van der Waals surface area contributed by atoms with Gasteiger partial charge in [-0.3, -0.25) is 9.59 Å². The number of carbonyl (C=O) groups is 2. The minimum Gasteiger partial charge on any atom is -0.487 e. The number of carbonyl (C=O) groups excluding carboxylic acids is 2. The van der Waals surface area contributed by atoms with E-state index in [4.69, 9.17) is 21.2 Å². The van der Waals surface area contributed by atoms with Crippen molar-refractivity contribution in [2.24, 2.45) is 17.0 Å². The Morgan fingerprint density at radius 3 is 2.52 bits per heavy atom. The molecule has 1 saturated carbocycles. The monoisotopic (exact) mass is 465 g/mol. The van der Waals surface area contributed by atoms with Gasteiger partial charge in [0.15, 0.2) is 6.61 Å². The molecule has 1 aromatic rings. The van der Waals surface area contributed by atoms with Crippen LogP contribution in [0.3, 0.4) is 0 Å². The highest BCUT2D eigenvalue weighted by atomic mass is 35.5. The number of hydrogen-bond donors (Lipinski definition) is 0. The lowest BCUT2D eigenvalue weighted by molar-refractivity contribution is -0.134. The lowest BCUT2D eigenvalue weighted by Gasteiger charge is -2.34. The Balaban J connectivity index is 1.57. The number of hydrogen-bond acceptors (Lipinski definition) is 6. The maximum atomic E-state index is 12.9. The molecule has 2 unspecified atom stereocenters. The van der Waals surface area contributed by atoms with Crippen molar-refractivity contribution >= 4 is 40.6 Å². The minimum absolute atomic E-state index is 0.00804. The second-order valence-corrected chi connectivity index (χ2v) is 10.2. The molecule has 0 spiro atoms. The van der Waals surface area contributed by atoms with Gasteiger partial charge >= 0.3 is 0 Å². The summed E-state index contributed by atoms with van der Waals surface area (Å²) >= 11 is 7.82. The molecule has 7 heteroatoms. The van der Waals surface area contributed by atoms with Gasteiger partial charge in [0, 0.05) is 23.1 Å². The van der Waals surface area contributed by atoms with E-state index in [2.05, 4.69) is 5.16 Å². The van der Waals surface area contributed by atoms with Crippen LogP contribution in [0.15, 0.2) is 29.4 Å². The Bertz CT molecular complexity index is 758. The molecule has 2 atom stereocenters. The number of rotatable bonds is 9. The van der Waals surface area contributed by atoms with E-state index in [9.17, 15) is 9.59 Å². The van der Waals surface area contributed by atoms with Gasteiger partial charge in [0.05, 0.1) is 5.71 Å². The maximum Gasteiger partial charge on any atom is 0.153 e. The first kappa shape index (κ1) is 24.1. The van der Waals surface area contributed by atoms with Crippen LogP contribution in [-0.2, 0) is 14.4 Å². The van der Waals surface area contributed by atoms with Crippen LogP contribution in [-0.4, -0.2) is 41.0 Å². The zero-order valence-electron chi connectivity index (χ0n) is 18.3. The van der Waals surface area contributed by atoms with Gasteiger partial charge in [-0.2, -0.15) is 11.8 Å². The zero-order chi connectivity index (χ0) is 22.2. The molecule has 31 heavy (non-hydrogen) atoms. The molecule has 1 heterocycles. The smallest absolute Gasteiger partial charge is 0.153 e. The third kappa shape index (κ3) is 6.98. The highest BCUT2D eigenvalue weighted by molar-refractivity contribution is 7.99. The molecule has 0 N–H and O–H groups in total. The van der Waals surface area contributed by atoms with Crippen LogP contribution < -0.4 is 4.74 Å². The van der Waals surface area contributed by atoms with E-state index in [1.54, 1.807) is 24.3 Å². The summed E-state index contributed by atoms with van der Waals surface area (Å²) < 4.78 is 5.79. The van der Waals surface area contributed by atoms with Crippen molar-refractivity contribution in [2.45, 2.75) is 70.1 Å². The number of thioether (sulfide) groups is 1. The molecular weight excluding hydrogens is 434 g/mol. The molecule has 2 fully saturated rings. The van der Waals surface area contributed by atoms with Gasteiger partial charge in [-0.25, -0.2) is 0 Å². The number of oxime groups is 1. The van der Waals surface area contributed by atoms with Gasteiger partial charge in [-0.15, -0.1) is 0 Å². The number of halogens is 1. The Morgan fingerprint density at radius 2 is 1.90 bits per heavy atom. The topological polar surface area (TPSA) is 65.0 Å². The normalized spacial score (nSPS) is 25.9. The van der Waals surface area contributed by atoms with Crippen LogP contribution in [0, 0.1) is 11.8 Å². The molecule has 1 aliphatic heterocycles. The predicted molar refractivity (Wildman–Crippen MR) is 126 cm³/mol. The molecule has 0 radical (unpaired) electrons. The Hall–Kier alpha value is -1.53. The van der Waals surface area contributed by atoms with Crippen molar-refractivity contribution in [3.8, 4) is 5.75 Å². The SMILES string of the molecule is CCCC(=NOCC(C)Oc1ccc(Cl)cc1)C1C(=O)CC(C2CCCCS2)CC1=O. The number of nitrogens with zero attached hydrogens (tertiary/aromatic N) is 1. The molecule has 2 aliphatic rings. The van der Waals surface area contributed by atoms with E-state index < -0.39 is 5.92 Å². The van der Waals surface area contributed by atoms with Gasteiger partial charge in [0.25, 0.3) is 0 Å². The molecule has 0 amide bonds. The second kappa shape index (κ2) is 11.9. The molecule has 3 rings (SSSR count). The predicted octanol–water partition coefficient (Wildman–Crippen LogP) is 5.73. The number of ether oxygens (including phenoxy) is 1. The Morgan fingerprint density at radius 1 is 1.19 bits per heavy atom. The summed E-state index contributed by atoms with van der Waals surface area (Å²) in [6.45, 7) is 4.13. The van der Waals surface area contributed by atoms with Crippen LogP contribution in [0.2, 0.25) is 5.02 Å². The molecule has 0 aromatic heterocycles. The molecular formula is C24H32ClNO4S. The first-order valence-corrected chi connectivity index (χ1v) is 12.7. The molecule has 170 valence electrons. The van der Waals surface area contributed by atoms with E-state index in [0.29, 0.717) is 41.0 Å². The average molecular weight is 466 g/mol. The number of benzene rings is 1. The summed E-state index contributed by atoms with van der Waals surface area (Å²) in [7, 11) is 0. The van der Waals surface area contributed by atoms with Gasteiger partial charge in [0.2, 0.25) is 0 Å². The van der Waals surface area contributed by atoms with Crippen LogP contribution in [0.25, 0.3) is 0 Å². The first-order chi connectivity index (χ1) is 15.0. The van der Waals surface area contributed by atoms with E-state index in [1.807, 2.05) is 25.6 Å². The van der Waals surface area contributed by atoms with Crippen molar-refractivity contribution in [3.05, 3.63) is 29.3 Å². The maximum absolute atomic E-state index is 12.9. The van der Waals surface area contributed by atoms with Crippen LogP contribution in [0.4, 0.5) is 0 Å². The minimum atomic E-state index is -0.739. The summed E-state index contributed by atoms with van der Waals surface area (Å²) in [6, 6.07) is 7.12.